The molecule has 0 heterocycles. The average molecular weight is 538 g/mol. The van der Waals surface area contributed by atoms with Crippen molar-refractivity contribution in [3.8, 4) is 5.75 Å². The number of hydrogen-bond acceptors (Lipinski definition) is 5. The van der Waals surface area contributed by atoms with Crippen LogP contribution in [0, 0.1) is 6.92 Å². The Morgan fingerprint density at radius 2 is 1.83 bits per heavy atom. The minimum absolute atomic E-state index is 0.173. The lowest BCUT2D eigenvalue weighted by molar-refractivity contribution is -0.140. The summed E-state index contributed by atoms with van der Waals surface area (Å²) in [7, 11) is -2.39. The Morgan fingerprint density at radius 1 is 1.14 bits per heavy atom. The summed E-state index contributed by atoms with van der Waals surface area (Å²) < 4.78 is 31.6. The van der Waals surface area contributed by atoms with Crippen molar-refractivity contribution in [2.75, 3.05) is 30.8 Å². The molecule has 1 N–H and O–H groups in total. The Labute approximate surface area is 219 Å². The molecule has 10 heteroatoms. The van der Waals surface area contributed by atoms with E-state index in [1.165, 1.54) is 24.1 Å². The number of aryl methyl sites for hydroxylation is 1. The fourth-order valence-corrected chi connectivity index (χ4v) is 4.91. The van der Waals surface area contributed by atoms with E-state index in [0.29, 0.717) is 18.7 Å². The monoisotopic (exact) mass is 537 g/mol. The van der Waals surface area contributed by atoms with Gasteiger partial charge in [0, 0.05) is 13.1 Å². The molecule has 36 heavy (non-hydrogen) atoms. The van der Waals surface area contributed by atoms with Gasteiger partial charge in [0.25, 0.3) is 0 Å². The number of halogens is 1. The molecule has 198 valence electrons. The molecule has 0 aliphatic carbocycles. The highest BCUT2D eigenvalue weighted by atomic mass is 35.5. The van der Waals surface area contributed by atoms with Crippen molar-refractivity contribution in [1.29, 1.82) is 0 Å². The molecule has 2 rings (SSSR count). The Morgan fingerprint density at radius 3 is 2.39 bits per heavy atom. The van der Waals surface area contributed by atoms with Crippen molar-refractivity contribution in [2.45, 2.75) is 52.6 Å². The summed E-state index contributed by atoms with van der Waals surface area (Å²) in [6.45, 7) is 6.00. The molecule has 1 atom stereocenters. The highest BCUT2D eigenvalue weighted by molar-refractivity contribution is 7.92. The molecular formula is C26H36ClN3O5S. The molecule has 0 bridgehead atoms. The molecule has 0 aromatic heterocycles. The summed E-state index contributed by atoms with van der Waals surface area (Å²) in [4.78, 5) is 28.2. The van der Waals surface area contributed by atoms with Gasteiger partial charge in [0.1, 0.15) is 18.3 Å². The van der Waals surface area contributed by atoms with E-state index in [2.05, 4.69) is 5.32 Å². The van der Waals surface area contributed by atoms with Gasteiger partial charge in [-0.15, -0.1) is 0 Å². The Bertz CT molecular complexity index is 1160. The zero-order chi connectivity index (χ0) is 26.9. The molecule has 0 fully saturated rings. The molecule has 0 saturated heterocycles. The zero-order valence-electron chi connectivity index (χ0n) is 21.6. The number of methoxy groups -OCH3 is 1. The van der Waals surface area contributed by atoms with Crippen LogP contribution in [0.25, 0.3) is 0 Å². The third kappa shape index (κ3) is 7.86. The lowest BCUT2D eigenvalue weighted by Crippen LogP contribution is -2.52. The first-order valence-electron chi connectivity index (χ1n) is 12.0. The van der Waals surface area contributed by atoms with Crippen molar-refractivity contribution < 1.29 is 22.7 Å². The lowest BCUT2D eigenvalue weighted by Gasteiger charge is -2.33. The quantitative estimate of drug-likeness (QED) is 0.387. The Hall–Kier alpha value is -2.78. The summed E-state index contributed by atoms with van der Waals surface area (Å²) in [5.41, 5.74) is 2.08. The third-order valence-corrected chi connectivity index (χ3v) is 7.36. The van der Waals surface area contributed by atoms with Crippen molar-refractivity contribution >= 4 is 39.1 Å². The molecular weight excluding hydrogens is 502 g/mol. The number of carbonyl (C=O) groups excluding carboxylic acids is 2. The van der Waals surface area contributed by atoms with Crippen molar-refractivity contribution in [3.05, 3.63) is 58.6 Å². The molecule has 8 nitrogen and oxygen atoms in total. The lowest BCUT2D eigenvalue weighted by atomic mass is 10.1. The first kappa shape index (κ1) is 29.5. The number of anilines is 1. The van der Waals surface area contributed by atoms with E-state index < -0.39 is 28.5 Å². The van der Waals surface area contributed by atoms with Crippen molar-refractivity contribution in [2.24, 2.45) is 0 Å². The maximum absolute atomic E-state index is 13.7. The molecule has 0 aliphatic heterocycles. The predicted molar refractivity (Wildman–Crippen MR) is 144 cm³/mol. The molecule has 2 aromatic rings. The van der Waals surface area contributed by atoms with E-state index in [1.807, 2.05) is 45.0 Å². The molecule has 0 saturated carbocycles. The highest BCUT2D eigenvalue weighted by Crippen LogP contribution is 2.30. The summed E-state index contributed by atoms with van der Waals surface area (Å²) >= 11 is 6.23. The van der Waals surface area contributed by atoms with Gasteiger partial charge in [-0.3, -0.25) is 13.9 Å². The maximum Gasteiger partial charge on any atom is 0.244 e. The summed E-state index contributed by atoms with van der Waals surface area (Å²) in [5.74, 6) is -0.365. The molecule has 0 spiro atoms. The van der Waals surface area contributed by atoms with Crippen LogP contribution in [-0.2, 0) is 26.2 Å². The van der Waals surface area contributed by atoms with E-state index >= 15 is 0 Å². The summed E-state index contributed by atoms with van der Waals surface area (Å²) in [6.07, 6.45) is 3.16. The second-order valence-electron chi connectivity index (χ2n) is 8.61. The SMILES string of the molecule is CCCCNC(=O)C(CC)N(Cc1ccccc1C)C(=O)CN(c1ccc(OC)c(Cl)c1)S(C)(=O)=O. The van der Waals surface area contributed by atoms with Crippen molar-refractivity contribution in [3.63, 3.8) is 0 Å². The van der Waals surface area contributed by atoms with Gasteiger partial charge >= 0.3 is 0 Å². The molecule has 2 amide bonds. The van der Waals surface area contributed by atoms with Gasteiger partial charge in [0.05, 0.1) is 24.1 Å². The van der Waals surface area contributed by atoms with E-state index in [0.717, 1.165) is 34.5 Å². The van der Waals surface area contributed by atoms with Crippen LogP contribution in [0.1, 0.15) is 44.2 Å². The van der Waals surface area contributed by atoms with Gasteiger partial charge in [-0.25, -0.2) is 8.42 Å². The molecule has 0 aliphatic rings. The van der Waals surface area contributed by atoms with Gasteiger partial charge < -0.3 is 15.0 Å². The largest absolute Gasteiger partial charge is 0.495 e. The normalized spacial score (nSPS) is 12.1. The number of nitrogens with zero attached hydrogens (tertiary/aromatic N) is 2. The van der Waals surface area contributed by atoms with E-state index in [-0.39, 0.29) is 23.2 Å². The minimum atomic E-state index is -3.85. The van der Waals surface area contributed by atoms with Crippen LogP contribution in [0.15, 0.2) is 42.5 Å². The van der Waals surface area contributed by atoms with Gasteiger partial charge in [0.15, 0.2) is 0 Å². The minimum Gasteiger partial charge on any atom is -0.495 e. The number of rotatable bonds is 13. The topological polar surface area (TPSA) is 96.0 Å². The van der Waals surface area contributed by atoms with Gasteiger partial charge in [0.2, 0.25) is 21.8 Å². The highest BCUT2D eigenvalue weighted by Gasteiger charge is 2.32. The van der Waals surface area contributed by atoms with Crippen LogP contribution >= 0.6 is 11.6 Å². The zero-order valence-corrected chi connectivity index (χ0v) is 23.2. The van der Waals surface area contributed by atoms with Crippen LogP contribution < -0.4 is 14.4 Å². The number of nitrogens with one attached hydrogen (secondary N) is 1. The van der Waals surface area contributed by atoms with Crippen LogP contribution in [0.5, 0.6) is 5.75 Å². The number of sulfonamides is 1. The van der Waals surface area contributed by atoms with Crippen molar-refractivity contribution in [1.82, 2.24) is 10.2 Å². The first-order chi connectivity index (χ1) is 17.0. The summed E-state index contributed by atoms with van der Waals surface area (Å²) in [5, 5.41) is 3.13. The fraction of sp³-hybridized carbons (Fsp3) is 0.462. The maximum atomic E-state index is 13.7. The van der Waals surface area contributed by atoms with Gasteiger partial charge in [-0.1, -0.05) is 56.1 Å². The van der Waals surface area contributed by atoms with E-state index in [9.17, 15) is 18.0 Å². The Kier molecular flexibility index (Phi) is 11.0. The third-order valence-electron chi connectivity index (χ3n) is 5.92. The number of carbonyl (C=O) groups is 2. The number of benzene rings is 2. The second kappa shape index (κ2) is 13.5. The van der Waals surface area contributed by atoms with Crippen LogP contribution in [0.4, 0.5) is 5.69 Å². The molecule has 0 radical (unpaired) electrons. The van der Waals surface area contributed by atoms with E-state index in [4.69, 9.17) is 16.3 Å². The number of hydrogen-bond donors (Lipinski definition) is 1. The second-order valence-corrected chi connectivity index (χ2v) is 10.9. The molecule has 2 aromatic carbocycles. The van der Waals surface area contributed by atoms with E-state index in [1.54, 1.807) is 6.07 Å². The summed E-state index contributed by atoms with van der Waals surface area (Å²) in [6, 6.07) is 11.4. The van der Waals surface area contributed by atoms with Gasteiger partial charge in [-0.2, -0.15) is 0 Å². The smallest absolute Gasteiger partial charge is 0.244 e. The molecule has 1 unspecified atom stereocenters. The van der Waals surface area contributed by atoms with Crippen LogP contribution in [0.2, 0.25) is 5.02 Å². The Balaban J connectivity index is 2.44. The number of amides is 2. The first-order valence-corrected chi connectivity index (χ1v) is 14.2. The van der Waals surface area contributed by atoms with Crippen LogP contribution in [0.3, 0.4) is 0 Å². The van der Waals surface area contributed by atoms with Gasteiger partial charge in [-0.05, 0) is 49.1 Å². The predicted octanol–water partition coefficient (Wildman–Crippen LogP) is 4.15. The van der Waals surface area contributed by atoms with Crippen LogP contribution in [-0.4, -0.2) is 57.6 Å². The average Bonchev–Trinajstić information content (AvgIpc) is 2.82. The number of ether oxygens (including phenoxy) is 1. The fourth-order valence-electron chi connectivity index (χ4n) is 3.82. The number of unbranched alkanes of at least 4 members (excludes halogenated alkanes) is 1. The standard InChI is InChI=1S/C26H36ClN3O5S/c1-6-8-15-28-26(32)23(7-2)29(17-20-12-10-9-11-19(20)3)25(31)18-30(36(5,33)34)21-13-14-24(35-4)22(27)16-21/h9-14,16,23H,6-8,15,17-18H2,1-5H3,(H,28,32).